The predicted molar refractivity (Wildman–Crippen MR) is 65.2 cm³/mol. The molecule has 2 aliphatic rings. The Balaban J connectivity index is 1.83. The van der Waals surface area contributed by atoms with Crippen molar-refractivity contribution < 1.29 is 4.74 Å². The molecule has 4 heteroatoms. The van der Waals surface area contributed by atoms with Crippen LogP contribution < -0.4 is 16.0 Å². The standard InChI is InChI=1S/C13H19N3O/c1-17-11-3-2-4-15-13(11)12(16-14)10-6-8-5-9(8)7-10/h2-4,8-10,12,16H,5-7,14H2,1H3. The number of fused-ring (bicyclic) bond motifs is 1. The van der Waals surface area contributed by atoms with E-state index in [4.69, 9.17) is 10.6 Å². The van der Waals surface area contributed by atoms with E-state index in [2.05, 4.69) is 10.4 Å². The molecule has 2 aliphatic carbocycles. The average molecular weight is 233 g/mol. The Hall–Kier alpha value is -1.13. The zero-order chi connectivity index (χ0) is 11.8. The highest BCUT2D eigenvalue weighted by Crippen LogP contribution is 2.57. The number of hydrazine groups is 1. The third-order valence-corrected chi connectivity index (χ3v) is 4.25. The van der Waals surface area contributed by atoms with Gasteiger partial charge in [0.05, 0.1) is 13.2 Å². The van der Waals surface area contributed by atoms with Crippen LogP contribution in [0.15, 0.2) is 18.3 Å². The molecule has 3 rings (SSSR count). The van der Waals surface area contributed by atoms with Gasteiger partial charge in [-0.05, 0) is 49.1 Å². The van der Waals surface area contributed by atoms with Crippen LogP contribution in [0.1, 0.15) is 31.0 Å². The van der Waals surface area contributed by atoms with Gasteiger partial charge in [0.1, 0.15) is 11.4 Å². The first kappa shape index (κ1) is 11.0. The minimum atomic E-state index is 0.124. The third kappa shape index (κ3) is 1.91. The number of nitrogens with zero attached hydrogens (tertiary/aromatic N) is 1. The van der Waals surface area contributed by atoms with Gasteiger partial charge in [-0.3, -0.25) is 16.3 Å². The van der Waals surface area contributed by atoms with Gasteiger partial charge in [-0.25, -0.2) is 0 Å². The predicted octanol–water partition coefficient (Wildman–Crippen LogP) is 1.64. The van der Waals surface area contributed by atoms with Crippen molar-refractivity contribution in [3.05, 3.63) is 24.0 Å². The molecule has 3 N–H and O–H groups in total. The molecule has 0 aliphatic heterocycles. The fourth-order valence-electron chi connectivity index (χ4n) is 3.28. The van der Waals surface area contributed by atoms with Crippen LogP contribution in [0.3, 0.4) is 0 Å². The zero-order valence-electron chi connectivity index (χ0n) is 10.1. The van der Waals surface area contributed by atoms with Crippen molar-refractivity contribution in [3.8, 4) is 5.75 Å². The molecule has 2 fully saturated rings. The van der Waals surface area contributed by atoms with Crippen LogP contribution >= 0.6 is 0 Å². The topological polar surface area (TPSA) is 60.2 Å². The minimum Gasteiger partial charge on any atom is -0.495 e. The molecule has 1 aromatic rings. The fraction of sp³-hybridized carbons (Fsp3) is 0.615. The Kier molecular flexibility index (Phi) is 2.76. The van der Waals surface area contributed by atoms with Crippen LogP contribution in [0.5, 0.6) is 5.75 Å². The van der Waals surface area contributed by atoms with E-state index in [1.807, 2.05) is 12.1 Å². The van der Waals surface area contributed by atoms with E-state index in [1.165, 1.54) is 19.3 Å². The third-order valence-electron chi connectivity index (χ3n) is 4.25. The number of nitrogens with one attached hydrogen (secondary N) is 1. The van der Waals surface area contributed by atoms with Gasteiger partial charge >= 0.3 is 0 Å². The van der Waals surface area contributed by atoms with Crippen molar-refractivity contribution in [3.63, 3.8) is 0 Å². The van der Waals surface area contributed by atoms with Crippen LogP contribution in [0.4, 0.5) is 0 Å². The molecule has 2 saturated carbocycles. The summed E-state index contributed by atoms with van der Waals surface area (Å²) < 4.78 is 5.37. The molecule has 0 radical (unpaired) electrons. The molecule has 0 spiro atoms. The molecule has 1 aromatic heterocycles. The maximum absolute atomic E-state index is 5.72. The number of hydrogen-bond acceptors (Lipinski definition) is 4. The summed E-state index contributed by atoms with van der Waals surface area (Å²) in [5.41, 5.74) is 3.88. The molecule has 17 heavy (non-hydrogen) atoms. The number of rotatable bonds is 4. The summed E-state index contributed by atoms with van der Waals surface area (Å²) in [6, 6.07) is 3.96. The molecule has 92 valence electrons. The largest absolute Gasteiger partial charge is 0.495 e. The van der Waals surface area contributed by atoms with Crippen LogP contribution in [-0.2, 0) is 0 Å². The first-order chi connectivity index (χ1) is 8.33. The van der Waals surface area contributed by atoms with Crippen molar-refractivity contribution in [2.24, 2.45) is 23.6 Å². The Bertz CT molecular complexity index is 399. The highest BCUT2D eigenvalue weighted by atomic mass is 16.5. The van der Waals surface area contributed by atoms with E-state index < -0.39 is 0 Å². The van der Waals surface area contributed by atoms with Crippen LogP contribution in [-0.4, -0.2) is 12.1 Å². The molecule has 4 nitrogen and oxygen atoms in total. The lowest BCUT2D eigenvalue weighted by molar-refractivity contribution is 0.322. The van der Waals surface area contributed by atoms with E-state index in [9.17, 15) is 0 Å². The number of ether oxygens (including phenoxy) is 1. The molecule has 0 aromatic carbocycles. The van der Waals surface area contributed by atoms with Gasteiger partial charge in [0.15, 0.2) is 0 Å². The number of hydrogen-bond donors (Lipinski definition) is 2. The quantitative estimate of drug-likeness (QED) is 0.613. The second kappa shape index (κ2) is 4.27. The lowest BCUT2D eigenvalue weighted by Crippen LogP contribution is -2.34. The van der Waals surface area contributed by atoms with Gasteiger partial charge in [0, 0.05) is 6.20 Å². The normalized spacial score (nSPS) is 32.0. The van der Waals surface area contributed by atoms with E-state index in [-0.39, 0.29) is 6.04 Å². The van der Waals surface area contributed by atoms with E-state index >= 15 is 0 Å². The Morgan fingerprint density at radius 2 is 2.18 bits per heavy atom. The van der Waals surface area contributed by atoms with Crippen molar-refractivity contribution >= 4 is 0 Å². The zero-order valence-corrected chi connectivity index (χ0v) is 10.1. The van der Waals surface area contributed by atoms with Crippen LogP contribution in [0.2, 0.25) is 0 Å². The summed E-state index contributed by atoms with van der Waals surface area (Å²) in [6.45, 7) is 0. The summed E-state index contributed by atoms with van der Waals surface area (Å²) in [5.74, 6) is 9.06. The monoisotopic (exact) mass is 233 g/mol. The van der Waals surface area contributed by atoms with Gasteiger partial charge in [0.25, 0.3) is 0 Å². The maximum atomic E-state index is 5.72. The van der Waals surface area contributed by atoms with Crippen molar-refractivity contribution in [2.45, 2.75) is 25.3 Å². The first-order valence-corrected chi connectivity index (χ1v) is 6.28. The van der Waals surface area contributed by atoms with Crippen molar-refractivity contribution in [1.82, 2.24) is 10.4 Å². The SMILES string of the molecule is COc1cccnc1C(NN)C1CC2CC2C1. The maximum Gasteiger partial charge on any atom is 0.142 e. The van der Waals surface area contributed by atoms with Crippen LogP contribution in [0, 0.1) is 17.8 Å². The Morgan fingerprint density at radius 1 is 1.41 bits per heavy atom. The average Bonchev–Trinajstić information content (AvgIpc) is 2.98. The molecular weight excluding hydrogens is 214 g/mol. The van der Waals surface area contributed by atoms with E-state index in [0.29, 0.717) is 5.92 Å². The lowest BCUT2D eigenvalue weighted by atomic mass is 9.92. The second-order valence-corrected chi connectivity index (χ2v) is 5.22. The van der Waals surface area contributed by atoms with Crippen LogP contribution in [0.25, 0.3) is 0 Å². The van der Waals surface area contributed by atoms with Gasteiger partial charge in [-0.1, -0.05) is 0 Å². The highest BCUT2D eigenvalue weighted by Gasteiger charge is 2.48. The van der Waals surface area contributed by atoms with Crippen molar-refractivity contribution in [2.75, 3.05) is 7.11 Å². The minimum absolute atomic E-state index is 0.124. The number of nitrogens with two attached hydrogens (primary N) is 1. The van der Waals surface area contributed by atoms with Gasteiger partial charge in [0.2, 0.25) is 0 Å². The van der Waals surface area contributed by atoms with Crippen molar-refractivity contribution in [1.29, 1.82) is 0 Å². The summed E-state index contributed by atoms with van der Waals surface area (Å²) in [7, 11) is 1.68. The second-order valence-electron chi connectivity index (χ2n) is 5.22. The smallest absolute Gasteiger partial charge is 0.142 e. The highest BCUT2D eigenvalue weighted by molar-refractivity contribution is 5.30. The first-order valence-electron chi connectivity index (χ1n) is 6.28. The number of pyridine rings is 1. The number of aromatic nitrogens is 1. The summed E-state index contributed by atoms with van der Waals surface area (Å²) in [6.07, 6.45) is 5.78. The Labute approximate surface area is 102 Å². The van der Waals surface area contributed by atoms with Gasteiger partial charge in [-0.2, -0.15) is 0 Å². The lowest BCUT2D eigenvalue weighted by Gasteiger charge is -2.24. The summed E-state index contributed by atoms with van der Waals surface area (Å²) in [5, 5.41) is 0. The molecule has 3 unspecified atom stereocenters. The van der Waals surface area contributed by atoms with E-state index in [1.54, 1.807) is 13.3 Å². The fourth-order valence-corrected chi connectivity index (χ4v) is 3.28. The molecule has 0 saturated heterocycles. The molecule has 3 atom stereocenters. The number of methoxy groups -OCH3 is 1. The van der Waals surface area contributed by atoms with Gasteiger partial charge < -0.3 is 4.74 Å². The summed E-state index contributed by atoms with van der Waals surface area (Å²) >= 11 is 0. The molecule has 0 bridgehead atoms. The summed E-state index contributed by atoms with van der Waals surface area (Å²) in [4.78, 5) is 4.44. The molecule has 1 heterocycles. The molecule has 0 amide bonds. The Morgan fingerprint density at radius 3 is 2.82 bits per heavy atom. The van der Waals surface area contributed by atoms with Gasteiger partial charge in [-0.15, -0.1) is 0 Å². The molecular formula is C13H19N3O. The van der Waals surface area contributed by atoms with E-state index in [0.717, 1.165) is 23.3 Å².